The van der Waals surface area contributed by atoms with E-state index in [0.29, 0.717) is 31.7 Å². The highest BCUT2D eigenvalue weighted by molar-refractivity contribution is 7.79. The number of anilines is 1. The predicted octanol–water partition coefficient (Wildman–Crippen LogP) is 1.82. The van der Waals surface area contributed by atoms with Gasteiger partial charge in [0.25, 0.3) is 0 Å². The molecule has 0 aliphatic carbocycles. The monoisotopic (exact) mass is 361 g/mol. The van der Waals surface area contributed by atoms with Crippen LogP contribution in [-0.4, -0.2) is 55.9 Å². The van der Waals surface area contributed by atoms with Gasteiger partial charge in [-0.1, -0.05) is 24.3 Å². The summed E-state index contributed by atoms with van der Waals surface area (Å²) in [5.74, 6) is -0.229. The number of pyridine rings is 1. The SMILES string of the molecule is O=C(O)c1ccccc1C(N1CCN(c2ccccn2)CC1)S(=O)O. The Labute approximate surface area is 148 Å². The number of benzene rings is 1. The van der Waals surface area contributed by atoms with E-state index in [1.807, 2.05) is 23.1 Å². The van der Waals surface area contributed by atoms with Crippen molar-refractivity contribution in [1.29, 1.82) is 0 Å². The summed E-state index contributed by atoms with van der Waals surface area (Å²) in [7, 11) is 0. The second-order valence-corrected chi connectivity index (χ2v) is 6.73. The second-order valence-electron chi connectivity index (χ2n) is 5.73. The van der Waals surface area contributed by atoms with Gasteiger partial charge in [0.1, 0.15) is 11.2 Å². The molecule has 1 aliphatic rings. The van der Waals surface area contributed by atoms with Crippen LogP contribution in [0, 0.1) is 0 Å². The summed E-state index contributed by atoms with van der Waals surface area (Å²) in [4.78, 5) is 19.7. The number of aromatic nitrogens is 1. The van der Waals surface area contributed by atoms with Gasteiger partial charge in [-0.25, -0.2) is 14.0 Å². The highest BCUT2D eigenvalue weighted by atomic mass is 32.2. The van der Waals surface area contributed by atoms with Gasteiger partial charge < -0.3 is 14.6 Å². The lowest BCUT2D eigenvalue weighted by molar-refractivity contribution is 0.0694. The smallest absolute Gasteiger partial charge is 0.336 e. The third-order valence-corrected chi connectivity index (χ3v) is 5.20. The normalized spacial score (nSPS) is 17.9. The number of carboxylic acids is 1. The Balaban J connectivity index is 1.80. The van der Waals surface area contributed by atoms with E-state index in [-0.39, 0.29) is 5.56 Å². The van der Waals surface area contributed by atoms with Crippen molar-refractivity contribution in [3.8, 4) is 0 Å². The lowest BCUT2D eigenvalue weighted by Crippen LogP contribution is -2.49. The minimum absolute atomic E-state index is 0.0575. The maximum Gasteiger partial charge on any atom is 0.336 e. The predicted molar refractivity (Wildman–Crippen MR) is 94.9 cm³/mol. The number of nitrogens with zero attached hydrogens (tertiary/aromatic N) is 3. The van der Waals surface area contributed by atoms with E-state index < -0.39 is 22.4 Å². The molecule has 0 amide bonds. The molecule has 0 spiro atoms. The highest BCUT2D eigenvalue weighted by Gasteiger charge is 2.32. The molecular formula is C17H19N3O4S. The largest absolute Gasteiger partial charge is 0.478 e. The maximum absolute atomic E-state index is 12.0. The Morgan fingerprint density at radius 2 is 1.76 bits per heavy atom. The third kappa shape index (κ3) is 3.87. The Morgan fingerprint density at radius 3 is 2.36 bits per heavy atom. The number of hydrogen-bond acceptors (Lipinski definition) is 5. The van der Waals surface area contributed by atoms with Crippen LogP contribution >= 0.6 is 0 Å². The molecule has 1 aromatic heterocycles. The molecule has 1 aliphatic heterocycles. The summed E-state index contributed by atoms with van der Waals surface area (Å²) in [6.07, 6.45) is 1.73. The Kier molecular flexibility index (Phi) is 5.42. The minimum atomic E-state index is -2.21. The van der Waals surface area contributed by atoms with Crippen LogP contribution in [0.3, 0.4) is 0 Å². The number of rotatable bonds is 5. The van der Waals surface area contributed by atoms with E-state index in [0.717, 1.165) is 5.82 Å². The number of hydrogen-bond donors (Lipinski definition) is 2. The molecule has 1 saturated heterocycles. The molecular weight excluding hydrogens is 342 g/mol. The Bertz CT molecular complexity index is 763. The highest BCUT2D eigenvalue weighted by Crippen LogP contribution is 2.28. The van der Waals surface area contributed by atoms with E-state index in [1.54, 1.807) is 24.4 Å². The first-order chi connectivity index (χ1) is 12.1. The van der Waals surface area contributed by atoms with Crippen LogP contribution in [0.2, 0.25) is 0 Å². The first kappa shape index (κ1) is 17.5. The lowest BCUT2D eigenvalue weighted by atomic mass is 10.1. The van der Waals surface area contributed by atoms with E-state index in [4.69, 9.17) is 0 Å². The fourth-order valence-corrected chi connectivity index (χ4v) is 3.95. The fraction of sp³-hybridized carbons (Fsp3) is 0.294. The van der Waals surface area contributed by atoms with Crippen molar-refractivity contribution in [3.63, 3.8) is 0 Å². The van der Waals surface area contributed by atoms with Crippen LogP contribution in [0.1, 0.15) is 21.3 Å². The van der Waals surface area contributed by atoms with Crippen molar-refractivity contribution in [2.45, 2.75) is 5.37 Å². The molecule has 132 valence electrons. The summed E-state index contributed by atoms with van der Waals surface area (Å²) in [5.41, 5.74) is 0.421. The van der Waals surface area contributed by atoms with Crippen LogP contribution in [-0.2, 0) is 11.1 Å². The van der Waals surface area contributed by atoms with Crippen molar-refractivity contribution in [3.05, 3.63) is 59.8 Å². The van der Waals surface area contributed by atoms with Crippen LogP contribution < -0.4 is 4.90 Å². The van der Waals surface area contributed by atoms with Gasteiger partial charge >= 0.3 is 5.97 Å². The lowest BCUT2D eigenvalue weighted by Gasteiger charge is -2.38. The molecule has 1 aromatic carbocycles. The Hall–Kier alpha value is -2.29. The average Bonchev–Trinajstić information content (AvgIpc) is 2.63. The van der Waals surface area contributed by atoms with Crippen molar-refractivity contribution in [2.24, 2.45) is 0 Å². The van der Waals surface area contributed by atoms with Gasteiger partial charge in [-0.15, -0.1) is 0 Å². The van der Waals surface area contributed by atoms with Gasteiger partial charge in [-0.05, 0) is 23.8 Å². The van der Waals surface area contributed by atoms with Crippen LogP contribution in [0.5, 0.6) is 0 Å². The zero-order valence-electron chi connectivity index (χ0n) is 13.5. The van der Waals surface area contributed by atoms with Crippen LogP contribution in [0.25, 0.3) is 0 Å². The van der Waals surface area contributed by atoms with Gasteiger partial charge in [-0.3, -0.25) is 4.90 Å². The molecule has 0 bridgehead atoms. The van der Waals surface area contributed by atoms with E-state index in [1.165, 1.54) is 6.07 Å². The molecule has 2 aromatic rings. The molecule has 3 rings (SSSR count). The molecule has 2 unspecified atom stereocenters. The quantitative estimate of drug-likeness (QED) is 0.785. The zero-order valence-corrected chi connectivity index (χ0v) is 14.3. The van der Waals surface area contributed by atoms with Gasteiger partial charge in [0, 0.05) is 32.4 Å². The first-order valence-corrected chi connectivity index (χ1v) is 9.07. The Morgan fingerprint density at radius 1 is 1.08 bits per heavy atom. The van der Waals surface area contributed by atoms with Crippen molar-refractivity contribution in [2.75, 3.05) is 31.1 Å². The van der Waals surface area contributed by atoms with Crippen molar-refractivity contribution < 1.29 is 18.7 Å². The number of carbonyl (C=O) groups is 1. The number of piperazine rings is 1. The molecule has 25 heavy (non-hydrogen) atoms. The molecule has 2 N–H and O–H groups in total. The summed E-state index contributed by atoms with van der Waals surface area (Å²) in [6, 6.07) is 12.1. The third-order valence-electron chi connectivity index (χ3n) is 4.27. The van der Waals surface area contributed by atoms with Crippen LogP contribution in [0.15, 0.2) is 48.7 Å². The topological polar surface area (TPSA) is 94.0 Å². The van der Waals surface area contributed by atoms with Gasteiger partial charge in [0.15, 0.2) is 11.1 Å². The number of carboxylic acid groups (broad SMARTS) is 1. The van der Waals surface area contributed by atoms with Crippen LogP contribution in [0.4, 0.5) is 5.82 Å². The van der Waals surface area contributed by atoms with Gasteiger partial charge in [0.05, 0.1) is 5.56 Å². The van der Waals surface area contributed by atoms with Gasteiger partial charge in [0.2, 0.25) is 0 Å². The fourth-order valence-electron chi connectivity index (χ4n) is 3.07. The summed E-state index contributed by atoms with van der Waals surface area (Å²) < 4.78 is 21.8. The summed E-state index contributed by atoms with van der Waals surface area (Å²) in [5, 5.41) is 8.51. The summed E-state index contributed by atoms with van der Waals surface area (Å²) >= 11 is -2.21. The molecule has 2 heterocycles. The zero-order chi connectivity index (χ0) is 17.8. The van der Waals surface area contributed by atoms with E-state index in [2.05, 4.69) is 9.88 Å². The first-order valence-electron chi connectivity index (χ1n) is 7.90. The van der Waals surface area contributed by atoms with Gasteiger partial charge in [-0.2, -0.15) is 0 Å². The molecule has 0 radical (unpaired) electrons. The van der Waals surface area contributed by atoms with Crippen molar-refractivity contribution >= 4 is 22.9 Å². The molecule has 7 nitrogen and oxygen atoms in total. The molecule has 2 atom stereocenters. The van der Waals surface area contributed by atoms with E-state index >= 15 is 0 Å². The standard InChI is InChI=1S/C17H19N3O4S/c21-17(22)14-6-2-1-5-13(14)16(25(23)24)20-11-9-19(10-12-20)15-7-3-4-8-18-15/h1-8,16H,9-12H2,(H,21,22)(H,23,24). The molecule has 0 saturated carbocycles. The van der Waals surface area contributed by atoms with Crippen molar-refractivity contribution in [1.82, 2.24) is 9.88 Å². The molecule has 8 heteroatoms. The van der Waals surface area contributed by atoms with E-state index in [9.17, 15) is 18.7 Å². The minimum Gasteiger partial charge on any atom is -0.478 e. The average molecular weight is 361 g/mol. The molecule has 1 fully saturated rings. The number of aromatic carboxylic acids is 1. The maximum atomic E-state index is 12.0. The summed E-state index contributed by atoms with van der Waals surface area (Å²) in [6.45, 7) is 2.39. The second kappa shape index (κ2) is 7.73.